The molecule has 0 aliphatic carbocycles. The molecule has 5 rings (SSSR count). The summed E-state index contributed by atoms with van der Waals surface area (Å²) in [7, 11) is 0. The van der Waals surface area contributed by atoms with Crippen LogP contribution in [0, 0.1) is 6.92 Å². The molecule has 26 heavy (non-hydrogen) atoms. The van der Waals surface area contributed by atoms with E-state index < -0.39 is 0 Å². The summed E-state index contributed by atoms with van der Waals surface area (Å²) in [6.45, 7) is 3.91. The van der Waals surface area contributed by atoms with E-state index in [-0.39, 0.29) is 11.6 Å². The molecule has 4 heterocycles. The third-order valence-corrected chi connectivity index (χ3v) is 5.76. The highest BCUT2D eigenvalue weighted by Gasteiger charge is 2.30. The van der Waals surface area contributed by atoms with Crippen molar-refractivity contribution < 1.29 is 9.47 Å². The SMILES string of the molecule is Cc1cc(=O)n2nc(N3CCCC3c3ccc4c(c3)OCCO4)sc2n1. The molecule has 0 spiro atoms. The van der Waals surface area contributed by atoms with Gasteiger partial charge >= 0.3 is 0 Å². The standard InChI is InChI=1S/C18H18N4O3S/c1-11-9-16(23)22-17(19-11)26-18(20-22)21-6-2-3-13(21)12-4-5-14-15(10-12)25-8-7-24-14/h4-5,9-10,13H,2-3,6-8H2,1H3. The molecule has 3 aromatic rings. The van der Waals surface area contributed by atoms with Crippen LogP contribution in [0.5, 0.6) is 11.5 Å². The van der Waals surface area contributed by atoms with E-state index in [1.54, 1.807) is 0 Å². The maximum absolute atomic E-state index is 12.2. The Labute approximate surface area is 153 Å². The van der Waals surface area contributed by atoms with Crippen molar-refractivity contribution in [1.82, 2.24) is 14.6 Å². The topological polar surface area (TPSA) is 69.0 Å². The zero-order chi connectivity index (χ0) is 17.7. The number of fused-ring (bicyclic) bond motifs is 2. The Bertz CT molecular complexity index is 1040. The van der Waals surface area contributed by atoms with E-state index in [0.717, 1.165) is 41.7 Å². The van der Waals surface area contributed by atoms with Crippen LogP contribution in [0.15, 0.2) is 29.1 Å². The first-order valence-corrected chi connectivity index (χ1v) is 9.54. The highest BCUT2D eigenvalue weighted by atomic mass is 32.1. The van der Waals surface area contributed by atoms with Gasteiger partial charge in [0.15, 0.2) is 11.5 Å². The zero-order valence-corrected chi connectivity index (χ0v) is 15.2. The van der Waals surface area contributed by atoms with E-state index in [1.165, 1.54) is 27.5 Å². The van der Waals surface area contributed by atoms with Crippen molar-refractivity contribution in [2.24, 2.45) is 0 Å². The van der Waals surface area contributed by atoms with Crippen molar-refractivity contribution in [3.8, 4) is 11.5 Å². The lowest BCUT2D eigenvalue weighted by molar-refractivity contribution is 0.171. The minimum atomic E-state index is -0.134. The van der Waals surface area contributed by atoms with Crippen LogP contribution in [0.2, 0.25) is 0 Å². The number of ether oxygens (including phenoxy) is 2. The van der Waals surface area contributed by atoms with Crippen molar-refractivity contribution in [3.63, 3.8) is 0 Å². The second-order valence-corrected chi connectivity index (χ2v) is 7.50. The largest absolute Gasteiger partial charge is 0.486 e. The number of anilines is 1. The Kier molecular flexibility index (Phi) is 3.59. The molecule has 1 unspecified atom stereocenters. The predicted molar refractivity (Wildman–Crippen MR) is 98.6 cm³/mol. The number of rotatable bonds is 2. The molecule has 8 heteroatoms. The molecule has 2 aliphatic rings. The number of hydrogen-bond donors (Lipinski definition) is 0. The average molecular weight is 370 g/mol. The van der Waals surface area contributed by atoms with Gasteiger partial charge in [0.25, 0.3) is 5.56 Å². The van der Waals surface area contributed by atoms with Gasteiger partial charge < -0.3 is 14.4 Å². The third kappa shape index (κ3) is 2.52. The van der Waals surface area contributed by atoms with Crippen molar-refractivity contribution in [2.75, 3.05) is 24.7 Å². The third-order valence-electron chi connectivity index (χ3n) is 4.81. The molecule has 0 radical (unpaired) electrons. The van der Waals surface area contributed by atoms with Crippen molar-refractivity contribution in [3.05, 3.63) is 45.9 Å². The molecule has 1 saturated heterocycles. The van der Waals surface area contributed by atoms with Gasteiger partial charge in [-0.05, 0) is 37.5 Å². The van der Waals surface area contributed by atoms with Gasteiger partial charge in [-0.25, -0.2) is 4.98 Å². The second kappa shape index (κ2) is 5.98. The molecule has 0 N–H and O–H groups in total. The lowest BCUT2D eigenvalue weighted by atomic mass is 10.0. The summed E-state index contributed by atoms with van der Waals surface area (Å²) in [4.78, 5) is 19.5. The lowest BCUT2D eigenvalue weighted by Crippen LogP contribution is -2.23. The summed E-state index contributed by atoms with van der Waals surface area (Å²) in [5.41, 5.74) is 1.77. The summed E-state index contributed by atoms with van der Waals surface area (Å²) in [5, 5.41) is 5.36. The van der Waals surface area contributed by atoms with Crippen LogP contribution in [0.3, 0.4) is 0 Å². The summed E-state index contributed by atoms with van der Waals surface area (Å²) in [5.74, 6) is 1.61. The minimum absolute atomic E-state index is 0.134. The smallest absolute Gasteiger partial charge is 0.275 e. The highest BCUT2D eigenvalue weighted by molar-refractivity contribution is 7.20. The average Bonchev–Trinajstić information content (AvgIpc) is 3.28. The first-order chi connectivity index (χ1) is 12.7. The number of aromatic nitrogens is 3. The summed E-state index contributed by atoms with van der Waals surface area (Å²) in [6.07, 6.45) is 2.12. The number of aryl methyl sites for hydroxylation is 1. The maximum Gasteiger partial charge on any atom is 0.275 e. The van der Waals surface area contributed by atoms with Crippen LogP contribution in [-0.2, 0) is 0 Å². The van der Waals surface area contributed by atoms with Gasteiger partial charge in [0.1, 0.15) is 13.2 Å². The monoisotopic (exact) mass is 370 g/mol. The minimum Gasteiger partial charge on any atom is -0.486 e. The first kappa shape index (κ1) is 15.6. The molecule has 2 aromatic heterocycles. The molecule has 0 bridgehead atoms. The number of hydrogen-bond acceptors (Lipinski definition) is 7. The van der Waals surface area contributed by atoms with Crippen LogP contribution >= 0.6 is 11.3 Å². The van der Waals surface area contributed by atoms with Gasteiger partial charge in [-0.3, -0.25) is 4.79 Å². The maximum atomic E-state index is 12.2. The van der Waals surface area contributed by atoms with Crippen LogP contribution in [0.25, 0.3) is 4.96 Å². The Balaban J connectivity index is 1.53. The Morgan fingerprint density at radius 1 is 1.19 bits per heavy atom. The van der Waals surface area contributed by atoms with Crippen LogP contribution in [0.1, 0.15) is 30.1 Å². The molecular formula is C18H18N4O3S. The lowest BCUT2D eigenvalue weighted by Gasteiger charge is -2.25. The van der Waals surface area contributed by atoms with E-state index in [9.17, 15) is 4.79 Å². The number of benzene rings is 1. The summed E-state index contributed by atoms with van der Waals surface area (Å²) in [6, 6.07) is 7.87. The van der Waals surface area contributed by atoms with Crippen molar-refractivity contribution >= 4 is 21.4 Å². The molecule has 1 aromatic carbocycles. The van der Waals surface area contributed by atoms with E-state index in [2.05, 4.69) is 27.1 Å². The molecule has 1 atom stereocenters. The fourth-order valence-electron chi connectivity index (χ4n) is 3.64. The van der Waals surface area contributed by atoms with Gasteiger partial charge in [0.2, 0.25) is 10.1 Å². The molecule has 1 fully saturated rings. The summed E-state index contributed by atoms with van der Waals surface area (Å²) >= 11 is 1.46. The Morgan fingerprint density at radius 2 is 2.04 bits per heavy atom. The quantitative estimate of drug-likeness (QED) is 0.691. The van der Waals surface area contributed by atoms with E-state index in [1.807, 2.05) is 13.0 Å². The number of nitrogens with zero attached hydrogens (tertiary/aromatic N) is 4. The van der Waals surface area contributed by atoms with E-state index >= 15 is 0 Å². The molecule has 134 valence electrons. The molecule has 7 nitrogen and oxygen atoms in total. The fraction of sp³-hybridized carbons (Fsp3) is 0.389. The van der Waals surface area contributed by atoms with Crippen LogP contribution < -0.4 is 19.9 Å². The molecule has 0 amide bonds. The van der Waals surface area contributed by atoms with Gasteiger partial charge in [0, 0.05) is 18.3 Å². The zero-order valence-electron chi connectivity index (χ0n) is 14.3. The predicted octanol–water partition coefficient (Wildman–Crippen LogP) is 2.57. The Morgan fingerprint density at radius 3 is 2.92 bits per heavy atom. The van der Waals surface area contributed by atoms with Crippen molar-refractivity contribution in [1.29, 1.82) is 0 Å². The van der Waals surface area contributed by atoms with Gasteiger partial charge in [0.05, 0.1) is 6.04 Å². The fourth-order valence-corrected chi connectivity index (χ4v) is 4.66. The molecular weight excluding hydrogens is 352 g/mol. The second-order valence-electron chi connectivity index (χ2n) is 6.57. The normalized spacial score (nSPS) is 19.3. The van der Waals surface area contributed by atoms with Gasteiger partial charge in [-0.2, -0.15) is 4.52 Å². The molecule has 2 aliphatic heterocycles. The Hall–Kier alpha value is -2.61. The highest BCUT2D eigenvalue weighted by Crippen LogP contribution is 2.41. The van der Waals surface area contributed by atoms with E-state index in [4.69, 9.17) is 9.47 Å². The van der Waals surface area contributed by atoms with Crippen molar-refractivity contribution in [2.45, 2.75) is 25.8 Å². The first-order valence-electron chi connectivity index (χ1n) is 8.73. The summed E-state index contributed by atoms with van der Waals surface area (Å²) < 4.78 is 12.7. The van der Waals surface area contributed by atoms with E-state index in [0.29, 0.717) is 18.2 Å². The van der Waals surface area contributed by atoms with Gasteiger partial charge in [-0.1, -0.05) is 17.4 Å². The molecule has 0 saturated carbocycles. The van der Waals surface area contributed by atoms with Crippen LogP contribution in [0.4, 0.5) is 5.13 Å². The van der Waals surface area contributed by atoms with Gasteiger partial charge in [-0.15, -0.1) is 5.10 Å². The van der Waals surface area contributed by atoms with Crippen LogP contribution in [-0.4, -0.2) is 34.4 Å².